The second-order valence-corrected chi connectivity index (χ2v) is 7.60. The fourth-order valence-electron chi connectivity index (χ4n) is 2.30. The zero-order chi connectivity index (χ0) is 17.0. The molecule has 0 unspecified atom stereocenters. The van der Waals surface area contributed by atoms with Gasteiger partial charge in [0.1, 0.15) is 0 Å². The van der Waals surface area contributed by atoms with E-state index < -0.39 is 4.92 Å². The summed E-state index contributed by atoms with van der Waals surface area (Å²) in [6, 6.07) is 6.38. The van der Waals surface area contributed by atoms with Gasteiger partial charge in [0, 0.05) is 29.8 Å². The van der Waals surface area contributed by atoms with Crippen molar-refractivity contribution >= 4 is 22.7 Å². The van der Waals surface area contributed by atoms with Gasteiger partial charge in [0.05, 0.1) is 10.6 Å². The molecule has 0 saturated heterocycles. The van der Waals surface area contributed by atoms with E-state index in [1.807, 2.05) is 0 Å². The van der Waals surface area contributed by atoms with Crippen LogP contribution in [-0.2, 0) is 13.0 Å². The lowest BCUT2D eigenvalue weighted by atomic mass is 10.1. The summed E-state index contributed by atoms with van der Waals surface area (Å²) in [4.78, 5) is 17.3. The molecular weight excluding hydrogens is 310 g/mol. The third-order valence-corrected chi connectivity index (χ3v) is 4.27. The predicted molar refractivity (Wildman–Crippen MR) is 94.0 cm³/mol. The third-order valence-electron chi connectivity index (χ3n) is 3.22. The number of nitro benzene ring substituents is 1. The first-order valence-corrected chi connectivity index (χ1v) is 8.65. The molecule has 0 aliphatic rings. The Morgan fingerprint density at radius 2 is 1.83 bits per heavy atom. The molecule has 0 N–H and O–H groups in total. The Morgan fingerprint density at radius 3 is 2.35 bits per heavy atom. The molecule has 124 valence electrons. The molecule has 0 saturated carbocycles. The second kappa shape index (κ2) is 7.55. The Kier molecular flexibility index (Phi) is 5.71. The number of aromatic nitrogens is 1. The maximum Gasteiger partial charge on any atom is 0.269 e. The molecule has 1 heterocycles. The first-order valence-electron chi connectivity index (χ1n) is 7.83. The molecule has 23 heavy (non-hydrogen) atoms. The monoisotopic (exact) mass is 333 g/mol. The summed E-state index contributed by atoms with van der Waals surface area (Å²) in [6.07, 6.45) is 3.23. The van der Waals surface area contributed by atoms with Crippen molar-refractivity contribution in [2.24, 2.45) is 16.8 Å². The van der Waals surface area contributed by atoms with Crippen LogP contribution in [0.1, 0.15) is 32.6 Å². The van der Waals surface area contributed by atoms with E-state index in [1.54, 1.807) is 23.5 Å². The maximum absolute atomic E-state index is 10.7. The first-order chi connectivity index (χ1) is 10.8. The van der Waals surface area contributed by atoms with Crippen molar-refractivity contribution in [3.63, 3.8) is 0 Å². The Hall–Kier alpha value is -1.95. The lowest BCUT2D eigenvalue weighted by Gasteiger charge is -2.06. The van der Waals surface area contributed by atoms with Gasteiger partial charge < -0.3 is 4.57 Å². The molecule has 0 amide bonds. The Bertz CT molecular complexity index is 727. The van der Waals surface area contributed by atoms with Gasteiger partial charge in [-0.2, -0.15) is 0 Å². The third kappa shape index (κ3) is 5.03. The lowest BCUT2D eigenvalue weighted by molar-refractivity contribution is -0.384. The van der Waals surface area contributed by atoms with Gasteiger partial charge in [-0.3, -0.25) is 10.1 Å². The summed E-state index contributed by atoms with van der Waals surface area (Å²) in [5.74, 6) is 1.14. The maximum atomic E-state index is 10.7. The highest BCUT2D eigenvalue weighted by Crippen LogP contribution is 2.18. The van der Waals surface area contributed by atoms with Crippen LogP contribution in [0.25, 0.3) is 0 Å². The first kappa shape index (κ1) is 17.4. The summed E-state index contributed by atoms with van der Waals surface area (Å²) in [7, 11) is 0. The van der Waals surface area contributed by atoms with Crippen molar-refractivity contribution < 1.29 is 4.92 Å². The van der Waals surface area contributed by atoms with Crippen molar-refractivity contribution in [3.8, 4) is 0 Å². The number of rotatable bonds is 6. The van der Waals surface area contributed by atoms with Gasteiger partial charge in [-0.15, -0.1) is 11.3 Å². The summed E-state index contributed by atoms with van der Waals surface area (Å²) < 4.78 is 2.19. The average molecular weight is 333 g/mol. The highest BCUT2D eigenvalue weighted by molar-refractivity contribution is 7.09. The minimum Gasteiger partial charge on any atom is -0.323 e. The molecule has 0 aliphatic heterocycles. The van der Waals surface area contributed by atoms with Crippen molar-refractivity contribution in [1.29, 1.82) is 0 Å². The largest absolute Gasteiger partial charge is 0.323 e. The summed E-state index contributed by atoms with van der Waals surface area (Å²) in [5, 5.41) is 10.7. The van der Waals surface area contributed by atoms with E-state index in [0.717, 1.165) is 23.5 Å². The zero-order valence-corrected chi connectivity index (χ0v) is 14.8. The Morgan fingerprint density at radius 1 is 1.17 bits per heavy atom. The van der Waals surface area contributed by atoms with E-state index >= 15 is 0 Å². The normalized spacial score (nSPS) is 12.3. The van der Waals surface area contributed by atoms with Crippen LogP contribution >= 0.6 is 11.3 Å². The van der Waals surface area contributed by atoms with E-state index in [-0.39, 0.29) is 5.69 Å². The molecule has 5 nitrogen and oxygen atoms in total. The van der Waals surface area contributed by atoms with Crippen molar-refractivity contribution in [2.45, 2.75) is 40.7 Å². The number of non-ortho nitro benzene ring substituents is 1. The van der Waals surface area contributed by atoms with Gasteiger partial charge >= 0.3 is 0 Å². The van der Waals surface area contributed by atoms with Crippen LogP contribution in [0.3, 0.4) is 0 Å². The van der Waals surface area contributed by atoms with Crippen molar-refractivity contribution in [1.82, 2.24) is 4.57 Å². The minimum absolute atomic E-state index is 0.0886. The van der Waals surface area contributed by atoms with Crippen LogP contribution in [0.5, 0.6) is 0 Å². The Balaban J connectivity index is 2.38. The number of hydrogen-bond donors (Lipinski definition) is 0. The van der Waals surface area contributed by atoms with Crippen LogP contribution in [0, 0.1) is 22.0 Å². The molecule has 0 radical (unpaired) electrons. The number of nitro groups is 1. The highest BCUT2D eigenvalue weighted by atomic mass is 32.1. The highest BCUT2D eigenvalue weighted by Gasteiger charge is 2.08. The lowest BCUT2D eigenvalue weighted by Crippen LogP contribution is -2.16. The summed E-state index contributed by atoms with van der Waals surface area (Å²) in [5.41, 5.74) is 0.830. The van der Waals surface area contributed by atoms with Gasteiger partial charge in [-0.1, -0.05) is 27.7 Å². The van der Waals surface area contributed by atoms with Gasteiger partial charge in [0.2, 0.25) is 0 Å². The van der Waals surface area contributed by atoms with E-state index in [9.17, 15) is 10.1 Å². The number of hydrogen-bond acceptors (Lipinski definition) is 4. The van der Waals surface area contributed by atoms with Crippen LogP contribution in [0.4, 0.5) is 11.4 Å². The fraction of sp³-hybridized carbons (Fsp3) is 0.471. The van der Waals surface area contributed by atoms with Crippen molar-refractivity contribution in [3.05, 3.63) is 50.3 Å². The molecular formula is C17H23N3O2S. The molecule has 2 aromatic rings. The molecule has 0 fully saturated rings. The molecule has 2 rings (SSSR count). The van der Waals surface area contributed by atoms with E-state index in [1.165, 1.54) is 17.0 Å². The molecule has 0 atom stereocenters. The van der Waals surface area contributed by atoms with Gasteiger partial charge in [0.15, 0.2) is 4.80 Å². The Labute approximate surface area is 140 Å². The average Bonchev–Trinajstić information content (AvgIpc) is 2.79. The molecule has 1 aromatic carbocycles. The van der Waals surface area contributed by atoms with Crippen LogP contribution in [0.2, 0.25) is 0 Å². The minimum atomic E-state index is -0.394. The molecule has 0 aliphatic carbocycles. The SMILES string of the molecule is CC(C)Cc1cn(CC(C)C)c(=Nc2ccc([N+](=O)[O-])cc2)s1. The van der Waals surface area contributed by atoms with Crippen molar-refractivity contribution in [2.75, 3.05) is 0 Å². The van der Waals surface area contributed by atoms with Gasteiger partial charge in [-0.05, 0) is 30.4 Å². The summed E-state index contributed by atoms with van der Waals surface area (Å²) >= 11 is 1.70. The number of thiazole rings is 1. The number of benzene rings is 1. The molecule has 6 heteroatoms. The van der Waals surface area contributed by atoms with E-state index in [2.05, 4.69) is 43.5 Å². The summed E-state index contributed by atoms with van der Waals surface area (Å²) in [6.45, 7) is 9.70. The predicted octanol–water partition coefficient (Wildman–Crippen LogP) is 4.54. The second-order valence-electron chi connectivity index (χ2n) is 6.51. The zero-order valence-electron chi connectivity index (χ0n) is 14.0. The van der Waals surface area contributed by atoms with E-state index in [4.69, 9.17) is 0 Å². The van der Waals surface area contributed by atoms with E-state index in [0.29, 0.717) is 11.8 Å². The molecule has 0 spiro atoms. The van der Waals surface area contributed by atoms with Gasteiger partial charge in [-0.25, -0.2) is 4.99 Å². The van der Waals surface area contributed by atoms with Crippen LogP contribution in [-0.4, -0.2) is 9.49 Å². The number of nitrogens with zero attached hydrogens (tertiary/aromatic N) is 3. The van der Waals surface area contributed by atoms with Gasteiger partial charge in [0.25, 0.3) is 5.69 Å². The fourth-order valence-corrected chi connectivity index (χ4v) is 3.53. The molecule has 0 bridgehead atoms. The quantitative estimate of drug-likeness (QED) is 0.575. The van der Waals surface area contributed by atoms with Crippen LogP contribution < -0.4 is 4.80 Å². The smallest absolute Gasteiger partial charge is 0.269 e. The standard InChI is InChI=1S/C17H23N3O2S/c1-12(2)9-16-11-19(10-13(3)4)17(23-16)18-14-5-7-15(8-6-14)20(21)22/h5-8,11-13H,9-10H2,1-4H3. The van der Waals surface area contributed by atoms with Crippen LogP contribution in [0.15, 0.2) is 35.5 Å². The molecule has 1 aromatic heterocycles. The topological polar surface area (TPSA) is 60.4 Å².